The first kappa shape index (κ1) is 22.9. The fourth-order valence-electron chi connectivity index (χ4n) is 3.71. The second-order valence-corrected chi connectivity index (χ2v) is 7.64. The molecule has 10 nitrogen and oxygen atoms in total. The van der Waals surface area contributed by atoms with E-state index in [-0.39, 0.29) is 0 Å². The molecule has 3 rings (SSSR count). The van der Waals surface area contributed by atoms with Gasteiger partial charge in [-0.05, 0) is 44.0 Å². The molecule has 1 aromatic heterocycles. The number of hydrogen-bond donors (Lipinski definition) is 3. The standard InChI is InChI=1S/C22H24N4O6/c1-13(24-20(30)15-6-7-17-14(10-15)4-2-8-23-17)22(32)26-9-3-5-18(26)21(31)25-16(12-27)11-19(28)29/h2,4,6-8,10,12-13,16,18H,3,5,9,11H2,1H3,(H,24,30)(H,25,31)(H,28,29). The Balaban J connectivity index is 1.64. The van der Waals surface area contributed by atoms with E-state index in [9.17, 15) is 24.0 Å². The van der Waals surface area contributed by atoms with E-state index >= 15 is 0 Å². The van der Waals surface area contributed by atoms with Gasteiger partial charge in [-0.1, -0.05) is 6.07 Å². The van der Waals surface area contributed by atoms with Crippen LogP contribution in [0.4, 0.5) is 0 Å². The van der Waals surface area contributed by atoms with Gasteiger partial charge in [0.1, 0.15) is 18.4 Å². The van der Waals surface area contributed by atoms with Crippen molar-refractivity contribution in [2.75, 3.05) is 6.54 Å². The van der Waals surface area contributed by atoms with Crippen LogP contribution in [-0.4, -0.2) is 69.6 Å². The monoisotopic (exact) mass is 440 g/mol. The largest absolute Gasteiger partial charge is 0.481 e. The lowest BCUT2D eigenvalue weighted by Gasteiger charge is -2.27. The zero-order chi connectivity index (χ0) is 23.3. The van der Waals surface area contributed by atoms with Crippen molar-refractivity contribution in [2.24, 2.45) is 0 Å². The summed E-state index contributed by atoms with van der Waals surface area (Å²) >= 11 is 0. The third kappa shape index (κ3) is 5.26. The summed E-state index contributed by atoms with van der Waals surface area (Å²) in [5.74, 6) is -2.67. The molecule has 2 heterocycles. The van der Waals surface area contributed by atoms with Gasteiger partial charge in [-0.2, -0.15) is 0 Å². The SMILES string of the molecule is CC(NC(=O)c1ccc2ncccc2c1)C(=O)N1CCCC1C(=O)NC(C=O)CC(=O)O. The summed E-state index contributed by atoms with van der Waals surface area (Å²) < 4.78 is 0. The van der Waals surface area contributed by atoms with Gasteiger partial charge in [0, 0.05) is 23.7 Å². The van der Waals surface area contributed by atoms with E-state index in [1.54, 1.807) is 30.5 Å². The number of carboxylic acids is 1. The number of pyridine rings is 1. The number of aliphatic carboxylic acids is 1. The highest BCUT2D eigenvalue weighted by Crippen LogP contribution is 2.19. The third-order valence-electron chi connectivity index (χ3n) is 5.31. The van der Waals surface area contributed by atoms with Crippen molar-refractivity contribution < 1.29 is 29.1 Å². The van der Waals surface area contributed by atoms with E-state index in [2.05, 4.69) is 15.6 Å². The molecule has 0 radical (unpaired) electrons. The number of nitrogens with one attached hydrogen (secondary N) is 2. The Bertz CT molecular complexity index is 1060. The molecule has 1 saturated heterocycles. The summed E-state index contributed by atoms with van der Waals surface area (Å²) in [4.78, 5) is 65.5. The quantitative estimate of drug-likeness (QED) is 0.507. The predicted octanol–water partition coefficient (Wildman–Crippen LogP) is 0.503. The van der Waals surface area contributed by atoms with Crippen LogP contribution in [0.3, 0.4) is 0 Å². The molecular formula is C22H24N4O6. The van der Waals surface area contributed by atoms with E-state index in [1.165, 1.54) is 11.8 Å². The van der Waals surface area contributed by atoms with Gasteiger partial charge in [0.25, 0.3) is 5.91 Å². The minimum Gasteiger partial charge on any atom is -0.481 e. The number of carboxylic acid groups (broad SMARTS) is 1. The molecule has 2 aromatic rings. The molecule has 3 atom stereocenters. The number of rotatable bonds is 8. The summed E-state index contributed by atoms with van der Waals surface area (Å²) in [6.45, 7) is 1.86. The maximum Gasteiger partial charge on any atom is 0.305 e. The molecule has 3 amide bonds. The molecule has 0 aliphatic carbocycles. The van der Waals surface area contributed by atoms with E-state index in [0.29, 0.717) is 31.2 Å². The summed E-state index contributed by atoms with van der Waals surface area (Å²) in [7, 11) is 0. The van der Waals surface area contributed by atoms with E-state index in [1.807, 2.05) is 6.07 Å². The van der Waals surface area contributed by atoms with Crippen molar-refractivity contribution in [3.05, 3.63) is 42.1 Å². The molecule has 0 bridgehead atoms. The summed E-state index contributed by atoms with van der Waals surface area (Å²) in [5.41, 5.74) is 1.12. The molecule has 32 heavy (non-hydrogen) atoms. The predicted molar refractivity (Wildman–Crippen MR) is 114 cm³/mol. The molecule has 1 aromatic carbocycles. The first-order valence-electron chi connectivity index (χ1n) is 10.2. The Morgan fingerprint density at radius 1 is 1.25 bits per heavy atom. The van der Waals surface area contributed by atoms with Crippen LogP contribution < -0.4 is 10.6 Å². The maximum atomic E-state index is 12.9. The number of aldehydes is 1. The molecule has 1 aliphatic rings. The number of likely N-dealkylation sites (tertiary alicyclic amines) is 1. The van der Waals surface area contributed by atoms with Crippen LogP contribution in [0.15, 0.2) is 36.5 Å². The molecule has 0 spiro atoms. The fourth-order valence-corrected chi connectivity index (χ4v) is 3.71. The number of amides is 3. The molecule has 0 saturated carbocycles. The van der Waals surface area contributed by atoms with Crippen LogP contribution >= 0.6 is 0 Å². The zero-order valence-corrected chi connectivity index (χ0v) is 17.5. The van der Waals surface area contributed by atoms with Gasteiger partial charge in [-0.25, -0.2) is 0 Å². The molecular weight excluding hydrogens is 416 g/mol. The summed E-state index contributed by atoms with van der Waals surface area (Å²) in [6.07, 6.45) is 2.44. The smallest absolute Gasteiger partial charge is 0.305 e. The van der Waals surface area contributed by atoms with Gasteiger partial charge in [-0.15, -0.1) is 0 Å². The first-order chi connectivity index (χ1) is 15.3. The molecule has 3 N–H and O–H groups in total. The Hall–Kier alpha value is -3.82. The average molecular weight is 440 g/mol. The average Bonchev–Trinajstić information content (AvgIpc) is 3.27. The topological polar surface area (TPSA) is 146 Å². The molecule has 168 valence electrons. The minimum atomic E-state index is -1.22. The van der Waals surface area contributed by atoms with Gasteiger partial charge in [0.05, 0.1) is 18.0 Å². The van der Waals surface area contributed by atoms with Gasteiger partial charge in [-0.3, -0.25) is 24.2 Å². The zero-order valence-electron chi connectivity index (χ0n) is 17.5. The summed E-state index contributed by atoms with van der Waals surface area (Å²) in [6, 6.07) is 5.73. The Morgan fingerprint density at radius 2 is 2.03 bits per heavy atom. The highest BCUT2D eigenvalue weighted by molar-refractivity contribution is 6.00. The molecule has 1 fully saturated rings. The van der Waals surface area contributed by atoms with E-state index < -0.39 is 48.2 Å². The number of aromatic nitrogens is 1. The number of nitrogens with zero attached hydrogens (tertiary/aromatic N) is 2. The highest BCUT2D eigenvalue weighted by atomic mass is 16.4. The van der Waals surface area contributed by atoms with Crippen molar-refractivity contribution in [2.45, 2.75) is 44.3 Å². The van der Waals surface area contributed by atoms with Gasteiger partial charge >= 0.3 is 5.97 Å². The van der Waals surface area contributed by atoms with Gasteiger partial charge < -0.3 is 25.4 Å². The van der Waals surface area contributed by atoms with E-state index in [4.69, 9.17) is 5.11 Å². The van der Waals surface area contributed by atoms with Crippen molar-refractivity contribution >= 4 is 40.9 Å². The van der Waals surface area contributed by atoms with Crippen LogP contribution in [0, 0.1) is 0 Å². The first-order valence-corrected chi connectivity index (χ1v) is 10.2. The number of fused-ring (bicyclic) bond motifs is 1. The van der Waals surface area contributed by atoms with Crippen LogP contribution in [-0.2, 0) is 19.2 Å². The third-order valence-corrected chi connectivity index (χ3v) is 5.31. The van der Waals surface area contributed by atoms with Crippen LogP contribution in [0.1, 0.15) is 36.5 Å². The van der Waals surface area contributed by atoms with Crippen LogP contribution in [0.25, 0.3) is 10.9 Å². The Kier molecular flexibility index (Phi) is 7.14. The van der Waals surface area contributed by atoms with Crippen LogP contribution in [0.2, 0.25) is 0 Å². The molecule has 1 aliphatic heterocycles. The summed E-state index contributed by atoms with van der Waals surface area (Å²) in [5, 5.41) is 14.6. The lowest BCUT2D eigenvalue weighted by Crippen LogP contribution is -2.54. The molecule has 10 heteroatoms. The number of carbonyl (C=O) groups is 5. The maximum absolute atomic E-state index is 12.9. The van der Waals surface area contributed by atoms with Gasteiger partial charge in [0.15, 0.2) is 0 Å². The number of hydrogen-bond acceptors (Lipinski definition) is 6. The number of benzene rings is 1. The lowest BCUT2D eigenvalue weighted by molar-refractivity contribution is -0.141. The second-order valence-electron chi connectivity index (χ2n) is 7.64. The lowest BCUT2D eigenvalue weighted by atomic mass is 10.1. The Morgan fingerprint density at radius 3 is 2.75 bits per heavy atom. The van der Waals surface area contributed by atoms with Crippen molar-refractivity contribution in [3.8, 4) is 0 Å². The van der Waals surface area contributed by atoms with E-state index in [0.717, 1.165) is 10.9 Å². The second kappa shape index (κ2) is 9.99. The number of carbonyl (C=O) groups excluding carboxylic acids is 4. The molecule has 3 unspecified atom stereocenters. The van der Waals surface area contributed by atoms with Crippen molar-refractivity contribution in [3.63, 3.8) is 0 Å². The minimum absolute atomic E-state index is 0.323. The van der Waals surface area contributed by atoms with Crippen molar-refractivity contribution in [1.82, 2.24) is 20.5 Å². The fraction of sp³-hybridized carbons (Fsp3) is 0.364. The highest BCUT2D eigenvalue weighted by Gasteiger charge is 2.37. The van der Waals surface area contributed by atoms with Gasteiger partial charge in [0.2, 0.25) is 11.8 Å². The van der Waals surface area contributed by atoms with Crippen molar-refractivity contribution in [1.29, 1.82) is 0 Å². The normalized spacial score (nSPS) is 17.4. The van der Waals surface area contributed by atoms with Crippen LogP contribution in [0.5, 0.6) is 0 Å². The Labute approximate surface area is 184 Å².